The van der Waals surface area contributed by atoms with Crippen LogP contribution in [0.3, 0.4) is 0 Å². The number of hydrogen-bond donors (Lipinski definition) is 0. The summed E-state index contributed by atoms with van der Waals surface area (Å²) in [5.74, 6) is 0. The topological polar surface area (TPSA) is 3.24 Å². The molecule has 1 heterocycles. The first-order valence-electron chi connectivity index (χ1n) is 4.65. The van der Waals surface area contributed by atoms with Gasteiger partial charge in [0.05, 0.1) is 0 Å². The highest BCUT2D eigenvalue weighted by Gasteiger charge is 2.09. The van der Waals surface area contributed by atoms with E-state index in [1.165, 1.54) is 38.9 Å². The van der Waals surface area contributed by atoms with Crippen LogP contribution in [0.4, 0.5) is 0 Å². The third-order valence-corrected chi connectivity index (χ3v) is 2.51. The maximum absolute atomic E-state index is 5.87. The van der Waals surface area contributed by atoms with E-state index in [9.17, 15) is 0 Å². The fourth-order valence-corrected chi connectivity index (χ4v) is 1.64. The molecule has 3 heteroatoms. The van der Waals surface area contributed by atoms with Gasteiger partial charge in [0.15, 0.2) is 0 Å². The summed E-state index contributed by atoms with van der Waals surface area (Å²) in [5.41, 5.74) is 0. The highest BCUT2D eigenvalue weighted by atomic mass is 35.5. The number of nitrogens with zero attached hydrogens (tertiary/aromatic N) is 1. The normalized spacial score (nSPS) is 21.5. The highest BCUT2D eigenvalue weighted by molar-refractivity contribution is 6.20. The molecule has 0 aromatic carbocycles. The van der Waals surface area contributed by atoms with Crippen molar-refractivity contribution in [2.75, 3.05) is 19.6 Å². The van der Waals surface area contributed by atoms with E-state index in [0.29, 0.717) is 5.38 Å². The van der Waals surface area contributed by atoms with Gasteiger partial charge in [0.1, 0.15) is 0 Å². The van der Waals surface area contributed by atoms with E-state index in [0.717, 1.165) is 6.42 Å². The van der Waals surface area contributed by atoms with Gasteiger partial charge in [0.25, 0.3) is 0 Å². The lowest BCUT2D eigenvalue weighted by Crippen LogP contribution is -2.31. The van der Waals surface area contributed by atoms with Crippen LogP contribution in [0.5, 0.6) is 0 Å². The lowest BCUT2D eigenvalue weighted by Gasteiger charge is -2.26. The minimum absolute atomic E-state index is 0. The van der Waals surface area contributed by atoms with E-state index in [2.05, 4.69) is 11.8 Å². The second kappa shape index (κ2) is 6.99. The van der Waals surface area contributed by atoms with Gasteiger partial charge in [-0.15, -0.1) is 24.0 Å². The van der Waals surface area contributed by atoms with E-state index in [-0.39, 0.29) is 12.4 Å². The summed E-state index contributed by atoms with van der Waals surface area (Å²) >= 11 is 5.87. The van der Waals surface area contributed by atoms with Crippen LogP contribution in [0.15, 0.2) is 0 Å². The number of likely N-dealkylation sites (tertiary alicyclic amines) is 1. The molecule has 1 aliphatic heterocycles. The third-order valence-electron chi connectivity index (χ3n) is 2.29. The molecule has 0 amide bonds. The predicted octanol–water partition coefficient (Wildman–Crippen LogP) is 2.91. The monoisotopic (exact) mass is 211 g/mol. The molecule has 1 nitrogen and oxygen atoms in total. The quantitative estimate of drug-likeness (QED) is 0.650. The second-order valence-electron chi connectivity index (χ2n) is 3.47. The first-order chi connectivity index (χ1) is 5.29. The molecule has 74 valence electrons. The smallest absolute Gasteiger partial charge is 0.0320 e. The van der Waals surface area contributed by atoms with Gasteiger partial charge in [-0.05, 0) is 45.8 Å². The summed E-state index contributed by atoms with van der Waals surface area (Å²) in [6.07, 6.45) is 5.34. The van der Waals surface area contributed by atoms with Crippen molar-refractivity contribution >= 4 is 24.0 Å². The van der Waals surface area contributed by atoms with Gasteiger partial charge in [-0.3, -0.25) is 0 Å². The molecule has 0 aromatic rings. The standard InChI is InChI=1S/C9H18ClN.ClH/c1-9(10)5-8-11-6-3-2-4-7-11;/h9H,2-8H2,1H3;1H. The van der Waals surface area contributed by atoms with Crippen molar-refractivity contribution in [3.8, 4) is 0 Å². The summed E-state index contributed by atoms with van der Waals surface area (Å²) in [6, 6.07) is 0. The van der Waals surface area contributed by atoms with Gasteiger partial charge >= 0.3 is 0 Å². The van der Waals surface area contributed by atoms with Gasteiger partial charge in [0, 0.05) is 5.38 Å². The SMILES string of the molecule is CC(Cl)CCN1CCCCC1.Cl. The van der Waals surface area contributed by atoms with Crippen molar-refractivity contribution in [2.45, 2.75) is 38.0 Å². The minimum atomic E-state index is 0. The van der Waals surface area contributed by atoms with Gasteiger partial charge in [-0.2, -0.15) is 0 Å². The summed E-state index contributed by atoms with van der Waals surface area (Å²) < 4.78 is 0. The Morgan fingerprint density at radius 1 is 1.25 bits per heavy atom. The Morgan fingerprint density at radius 2 is 1.83 bits per heavy atom. The molecular formula is C9H19Cl2N. The second-order valence-corrected chi connectivity index (χ2v) is 4.22. The summed E-state index contributed by atoms with van der Waals surface area (Å²) in [5, 5.41) is 0.344. The summed E-state index contributed by atoms with van der Waals surface area (Å²) in [4.78, 5) is 2.53. The Hall–Kier alpha value is 0.540. The molecule has 0 bridgehead atoms. The molecular weight excluding hydrogens is 193 g/mol. The van der Waals surface area contributed by atoms with Gasteiger partial charge in [-0.1, -0.05) is 6.42 Å². The van der Waals surface area contributed by atoms with Crippen LogP contribution in [-0.2, 0) is 0 Å². The minimum Gasteiger partial charge on any atom is -0.303 e. The largest absolute Gasteiger partial charge is 0.303 e. The van der Waals surface area contributed by atoms with E-state index >= 15 is 0 Å². The molecule has 12 heavy (non-hydrogen) atoms. The molecule has 0 saturated carbocycles. The summed E-state index contributed by atoms with van der Waals surface area (Å²) in [7, 11) is 0. The molecule has 0 N–H and O–H groups in total. The summed E-state index contributed by atoms with van der Waals surface area (Å²) in [6.45, 7) is 5.86. The molecule has 1 unspecified atom stereocenters. The zero-order valence-electron chi connectivity index (χ0n) is 7.76. The van der Waals surface area contributed by atoms with E-state index in [4.69, 9.17) is 11.6 Å². The maximum atomic E-state index is 5.87. The van der Waals surface area contributed by atoms with Gasteiger partial charge in [0.2, 0.25) is 0 Å². The van der Waals surface area contributed by atoms with E-state index in [1.54, 1.807) is 0 Å². The Kier molecular flexibility index (Phi) is 7.31. The number of rotatable bonds is 3. The van der Waals surface area contributed by atoms with E-state index in [1.807, 2.05) is 0 Å². The van der Waals surface area contributed by atoms with Crippen LogP contribution in [0.2, 0.25) is 0 Å². The number of hydrogen-bond acceptors (Lipinski definition) is 1. The van der Waals surface area contributed by atoms with Crippen LogP contribution >= 0.6 is 24.0 Å². The molecule has 0 spiro atoms. The first kappa shape index (κ1) is 12.5. The fourth-order valence-electron chi connectivity index (χ4n) is 1.54. The molecule has 0 aromatic heterocycles. The third kappa shape index (κ3) is 5.23. The first-order valence-corrected chi connectivity index (χ1v) is 5.09. The zero-order valence-corrected chi connectivity index (χ0v) is 9.33. The van der Waals surface area contributed by atoms with Crippen LogP contribution in [0, 0.1) is 0 Å². The molecule has 1 rings (SSSR count). The molecule has 0 radical (unpaired) electrons. The van der Waals surface area contributed by atoms with Crippen LogP contribution in [0.25, 0.3) is 0 Å². The Balaban J connectivity index is 0.00000121. The molecule has 1 atom stereocenters. The van der Waals surface area contributed by atoms with Crippen molar-refractivity contribution in [2.24, 2.45) is 0 Å². The molecule has 1 aliphatic rings. The number of piperidine rings is 1. The van der Waals surface area contributed by atoms with Crippen molar-refractivity contribution in [1.82, 2.24) is 4.90 Å². The van der Waals surface area contributed by atoms with Gasteiger partial charge < -0.3 is 4.90 Å². The highest BCUT2D eigenvalue weighted by Crippen LogP contribution is 2.10. The van der Waals surface area contributed by atoms with Crippen LogP contribution < -0.4 is 0 Å². The maximum Gasteiger partial charge on any atom is 0.0320 e. The van der Waals surface area contributed by atoms with Crippen molar-refractivity contribution in [1.29, 1.82) is 0 Å². The lowest BCUT2D eigenvalue weighted by molar-refractivity contribution is 0.226. The molecule has 1 saturated heterocycles. The predicted molar refractivity (Wildman–Crippen MR) is 57.5 cm³/mol. The number of halogens is 2. The number of alkyl halides is 1. The van der Waals surface area contributed by atoms with Crippen LogP contribution in [0.1, 0.15) is 32.6 Å². The Bertz CT molecular complexity index is 101. The van der Waals surface area contributed by atoms with Crippen molar-refractivity contribution < 1.29 is 0 Å². The van der Waals surface area contributed by atoms with Crippen molar-refractivity contribution in [3.63, 3.8) is 0 Å². The fraction of sp³-hybridized carbons (Fsp3) is 1.00. The Morgan fingerprint density at radius 3 is 2.33 bits per heavy atom. The van der Waals surface area contributed by atoms with Crippen molar-refractivity contribution in [3.05, 3.63) is 0 Å². The Labute approximate surface area is 86.9 Å². The lowest BCUT2D eigenvalue weighted by atomic mass is 10.1. The van der Waals surface area contributed by atoms with Crippen LogP contribution in [-0.4, -0.2) is 29.9 Å². The molecule has 1 fully saturated rings. The average Bonchev–Trinajstić information content (AvgIpc) is 2.03. The molecule has 0 aliphatic carbocycles. The van der Waals surface area contributed by atoms with E-state index < -0.39 is 0 Å². The average molecular weight is 212 g/mol. The van der Waals surface area contributed by atoms with Gasteiger partial charge in [-0.25, -0.2) is 0 Å². The zero-order chi connectivity index (χ0) is 8.10.